The molecule has 0 fully saturated rings. The van der Waals surface area contributed by atoms with E-state index in [0.29, 0.717) is 5.56 Å². The maximum atomic E-state index is 11.9. The number of carbonyl (C=O) groups is 2. The molecule has 1 aromatic carbocycles. The van der Waals surface area contributed by atoms with Crippen molar-refractivity contribution in [2.24, 2.45) is 0 Å². The van der Waals surface area contributed by atoms with Crippen LogP contribution in [0.1, 0.15) is 49.5 Å². The van der Waals surface area contributed by atoms with Crippen LogP contribution in [0.4, 0.5) is 0 Å². The highest BCUT2D eigenvalue weighted by atomic mass is 16.2. The van der Waals surface area contributed by atoms with Crippen molar-refractivity contribution in [2.45, 2.75) is 39.2 Å². The number of benzene rings is 1. The van der Waals surface area contributed by atoms with Crippen LogP contribution in [0, 0.1) is 0 Å². The Balaban J connectivity index is 2.64. The van der Waals surface area contributed by atoms with E-state index in [1.165, 1.54) is 6.08 Å². The van der Waals surface area contributed by atoms with Crippen molar-refractivity contribution in [2.75, 3.05) is 7.05 Å². The molecule has 0 atom stereocenters. The average molecular weight is 288 g/mol. The zero-order valence-electron chi connectivity index (χ0n) is 13.2. The van der Waals surface area contributed by atoms with E-state index in [1.807, 2.05) is 26.0 Å². The number of rotatable bonds is 6. The van der Waals surface area contributed by atoms with Crippen LogP contribution in [0.5, 0.6) is 0 Å². The molecule has 2 N–H and O–H groups in total. The predicted molar refractivity (Wildman–Crippen MR) is 86.0 cm³/mol. The minimum atomic E-state index is -0.195. The van der Waals surface area contributed by atoms with Gasteiger partial charge in [0.25, 0.3) is 5.91 Å². The van der Waals surface area contributed by atoms with Gasteiger partial charge in [0.1, 0.15) is 0 Å². The third kappa shape index (κ3) is 5.81. The predicted octanol–water partition coefficient (Wildman–Crippen LogP) is 2.75. The second-order valence-electron chi connectivity index (χ2n) is 5.66. The first-order valence-corrected chi connectivity index (χ1v) is 7.20. The Morgan fingerprint density at radius 3 is 2.33 bits per heavy atom. The molecule has 4 nitrogen and oxygen atoms in total. The van der Waals surface area contributed by atoms with Crippen molar-refractivity contribution in [1.29, 1.82) is 0 Å². The summed E-state index contributed by atoms with van der Waals surface area (Å²) in [5.41, 5.74) is 1.29. The van der Waals surface area contributed by atoms with Crippen LogP contribution < -0.4 is 10.6 Å². The monoisotopic (exact) mass is 288 g/mol. The fourth-order valence-electron chi connectivity index (χ4n) is 2.12. The number of hydrogen-bond acceptors (Lipinski definition) is 2. The Hall–Kier alpha value is -2.10. The zero-order valence-corrected chi connectivity index (χ0v) is 13.2. The highest BCUT2D eigenvalue weighted by molar-refractivity contribution is 5.95. The van der Waals surface area contributed by atoms with E-state index in [2.05, 4.69) is 17.6 Å². The lowest BCUT2D eigenvalue weighted by atomic mass is 9.99. The van der Waals surface area contributed by atoms with Gasteiger partial charge >= 0.3 is 0 Å². The molecule has 0 aliphatic heterocycles. The smallest absolute Gasteiger partial charge is 0.251 e. The number of amides is 2. The molecule has 0 aromatic heterocycles. The molecule has 0 bridgehead atoms. The number of nitrogens with one attached hydrogen (secondary N) is 2. The Kier molecular flexibility index (Phi) is 6.15. The first-order chi connectivity index (χ1) is 9.88. The van der Waals surface area contributed by atoms with Gasteiger partial charge in [-0.15, -0.1) is 0 Å². The number of carbonyl (C=O) groups excluding carboxylic acids is 2. The largest absolute Gasteiger partial charge is 0.355 e. The topological polar surface area (TPSA) is 58.2 Å². The van der Waals surface area contributed by atoms with Crippen molar-refractivity contribution < 1.29 is 9.59 Å². The fourth-order valence-corrected chi connectivity index (χ4v) is 2.12. The van der Waals surface area contributed by atoms with Crippen LogP contribution in [-0.2, 0) is 4.79 Å². The minimum absolute atomic E-state index is 0.108. The molecule has 0 unspecified atom stereocenters. The Morgan fingerprint density at radius 2 is 1.81 bits per heavy atom. The van der Waals surface area contributed by atoms with E-state index in [4.69, 9.17) is 0 Å². The summed E-state index contributed by atoms with van der Waals surface area (Å²) in [6.45, 7) is 6.12. The molecule has 21 heavy (non-hydrogen) atoms. The molecular weight excluding hydrogens is 264 g/mol. The molecule has 4 heteroatoms. The Bertz CT molecular complexity index is 516. The normalized spacial score (nSPS) is 11.4. The molecule has 0 radical (unpaired) electrons. The minimum Gasteiger partial charge on any atom is -0.355 e. The average Bonchev–Trinajstić information content (AvgIpc) is 2.44. The maximum Gasteiger partial charge on any atom is 0.251 e. The molecule has 0 saturated heterocycles. The van der Waals surface area contributed by atoms with Crippen LogP contribution >= 0.6 is 0 Å². The summed E-state index contributed by atoms with van der Waals surface area (Å²) in [5, 5.41) is 5.54. The zero-order chi connectivity index (χ0) is 15.9. The van der Waals surface area contributed by atoms with Gasteiger partial charge in [0.15, 0.2) is 0 Å². The molecule has 114 valence electrons. The second-order valence-corrected chi connectivity index (χ2v) is 5.66. The summed E-state index contributed by atoms with van der Waals surface area (Å²) >= 11 is 0. The van der Waals surface area contributed by atoms with E-state index in [-0.39, 0.29) is 17.4 Å². The SMILES string of the molecule is CCCC(C)(C)NC(=O)/C=C\c1ccc(C(=O)NC)cc1. The molecule has 2 amide bonds. The summed E-state index contributed by atoms with van der Waals surface area (Å²) in [7, 11) is 1.60. The Morgan fingerprint density at radius 1 is 1.19 bits per heavy atom. The van der Waals surface area contributed by atoms with Crippen molar-refractivity contribution in [3.8, 4) is 0 Å². The summed E-state index contributed by atoms with van der Waals surface area (Å²) in [6.07, 6.45) is 5.22. The lowest BCUT2D eigenvalue weighted by Crippen LogP contribution is -2.42. The molecule has 1 aromatic rings. The van der Waals surface area contributed by atoms with Gasteiger partial charge in [-0.2, -0.15) is 0 Å². The summed E-state index contributed by atoms with van der Waals surface area (Å²) < 4.78 is 0. The molecule has 0 aliphatic rings. The lowest BCUT2D eigenvalue weighted by Gasteiger charge is -2.24. The molecule has 0 aliphatic carbocycles. The van der Waals surface area contributed by atoms with E-state index >= 15 is 0 Å². The molecule has 1 rings (SSSR count). The van der Waals surface area contributed by atoms with Gasteiger partial charge in [-0.25, -0.2) is 0 Å². The third-order valence-electron chi connectivity index (χ3n) is 3.16. The summed E-state index contributed by atoms with van der Waals surface area (Å²) in [4.78, 5) is 23.3. The van der Waals surface area contributed by atoms with Crippen LogP contribution in [0.25, 0.3) is 6.08 Å². The van der Waals surface area contributed by atoms with Gasteiger partial charge in [0.05, 0.1) is 0 Å². The van der Waals surface area contributed by atoms with Crippen LogP contribution in [-0.4, -0.2) is 24.4 Å². The van der Waals surface area contributed by atoms with Gasteiger partial charge in [-0.1, -0.05) is 25.5 Å². The van der Waals surface area contributed by atoms with Gasteiger partial charge in [0, 0.05) is 24.2 Å². The third-order valence-corrected chi connectivity index (χ3v) is 3.16. The van der Waals surface area contributed by atoms with Crippen LogP contribution in [0.2, 0.25) is 0 Å². The Labute approximate surface area is 126 Å². The van der Waals surface area contributed by atoms with Gasteiger partial charge in [0.2, 0.25) is 5.91 Å². The van der Waals surface area contributed by atoms with Gasteiger partial charge in [-0.05, 0) is 44.0 Å². The highest BCUT2D eigenvalue weighted by Gasteiger charge is 2.17. The first kappa shape index (κ1) is 17.0. The van der Waals surface area contributed by atoms with E-state index in [0.717, 1.165) is 18.4 Å². The lowest BCUT2D eigenvalue weighted by molar-refractivity contribution is -0.118. The number of hydrogen-bond donors (Lipinski definition) is 2. The van der Waals surface area contributed by atoms with Crippen molar-refractivity contribution in [1.82, 2.24) is 10.6 Å². The summed E-state index contributed by atoms with van der Waals surface area (Å²) in [5.74, 6) is -0.228. The molecule has 0 spiro atoms. The van der Waals surface area contributed by atoms with Crippen molar-refractivity contribution >= 4 is 17.9 Å². The highest BCUT2D eigenvalue weighted by Crippen LogP contribution is 2.11. The van der Waals surface area contributed by atoms with E-state index in [1.54, 1.807) is 25.3 Å². The van der Waals surface area contributed by atoms with E-state index < -0.39 is 0 Å². The van der Waals surface area contributed by atoms with E-state index in [9.17, 15) is 9.59 Å². The fraction of sp³-hybridized carbons (Fsp3) is 0.412. The molecular formula is C17H24N2O2. The van der Waals surface area contributed by atoms with Gasteiger partial charge in [-0.3, -0.25) is 9.59 Å². The second kappa shape index (κ2) is 7.62. The maximum absolute atomic E-state index is 11.9. The quantitative estimate of drug-likeness (QED) is 0.791. The van der Waals surface area contributed by atoms with Crippen molar-refractivity contribution in [3.05, 3.63) is 41.5 Å². The van der Waals surface area contributed by atoms with Crippen LogP contribution in [0.3, 0.4) is 0 Å². The molecule has 0 saturated carbocycles. The van der Waals surface area contributed by atoms with Gasteiger partial charge < -0.3 is 10.6 Å². The standard InChI is InChI=1S/C17H24N2O2/c1-5-12-17(2,3)19-15(20)11-8-13-6-9-14(10-7-13)16(21)18-4/h6-11H,5,12H2,1-4H3,(H,18,21)(H,19,20)/b11-8-. The molecule has 0 heterocycles. The van der Waals surface area contributed by atoms with Crippen molar-refractivity contribution in [3.63, 3.8) is 0 Å². The summed E-state index contributed by atoms with van der Waals surface area (Å²) in [6, 6.07) is 7.09. The first-order valence-electron chi connectivity index (χ1n) is 7.20. The van der Waals surface area contributed by atoms with Crippen LogP contribution in [0.15, 0.2) is 30.3 Å².